The van der Waals surface area contributed by atoms with Gasteiger partial charge in [0.2, 0.25) is 0 Å². The van der Waals surface area contributed by atoms with Crippen molar-refractivity contribution in [2.45, 2.75) is 37.4 Å². The lowest BCUT2D eigenvalue weighted by molar-refractivity contribution is -0.0825. The average molecular weight is 540 g/mol. The quantitative estimate of drug-likeness (QED) is 0.166. The maximum Gasteiger partial charge on any atom is 0.490 e. The van der Waals surface area contributed by atoms with Crippen LogP contribution in [0, 0.1) is 0 Å². The first kappa shape index (κ1) is 27.9. The Morgan fingerprint density at radius 1 is 1.21 bits per heavy atom. The van der Waals surface area contributed by atoms with E-state index in [1.54, 1.807) is 0 Å². The summed E-state index contributed by atoms with van der Waals surface area (Å²) in [4.78, 5) is 60.9. The molecule has 0 radical (unpaired) electrons. The van der Waals surface area contributed by atoms with Gasteiger partial charge < -0.3 is 29.4 Å². The molecule has 1 saturated heterocycles. The van der Waals surface area contributed by atoms with Crippen molar-refractivity contribution in [3.8, 4) is 0 Å². The van der Waals surface area contributed by atoms with Crippen LogP contribution in [-0.4, -0.2) is 58.7 Å². The standard InChI is InChI=1S/C13H20FN2O14P3/c1-2-3-5-13(19)8(7-27-32(23,24)30-33(25,26)29-31(20,21)22)28-11(10(13)14)16-6-4-9(17)15-12(16)18/h2-4,6,8,10-11,19H,5,7H2,1H3,(H,23,24)(H,25,26)(H,15,17,18)(H2,20,21,22)/b3-2+/t8-,10+,11-,13-/m1/s1. The average Bonchev–Trinajstić information content (AvgIpc) is 2.87. The highest BCUT2D eigenvalue weighted by atomic mass is 31.3. The van der Waals surface area contributed by atoms with Gasteiger partial charge in [-0.2, -0.15) is 8.62 Å². The van der Waals surface area contributed by atoms with Crippen LogP contribution in [0.5, 0.6) is 0 Å². The Morgan fingerprint density at radius 2 is 1.85 bits per heavy atom. The fourth-order valence-corrected chi connectivity index (χ4v) is 5.83. The minimum absolute atomic E-state index is 0.441. The number of aromatic amines is 1. The molecule has 1 aromatic rings. The summed E-state index contributed by atoms with van der Waals surface area (Å²) in [6, 6.07) is 0.877. The number of aromatic nitrogens is 2. The van der Waals surface area contributed by atoms with Gasteiger partial charge in [0, 0.05) is 12.3 Å². The molecule has 2 heterocycles. The number of halogens is 1. The molecular weight excluding hydrogens is 520 g/mol. The number of nitrogens with one attached hydrogen (secondary N) is 1. The van der Waals surface area contributed by atoms with Crippen molar-refractivity contribution in [1.82, 2.24) is 9.55 Å². The molecule has 0 amide bonds. The molecular formula is C13H20FN2O14P3. The van der Waals surface area contributed by atoms with Crippen LogP contribution in [0.1, 0.15) is 19.6 Å². The van der Waals surface area contributed by atoms with Crippen molar-refractivity contribution in [3.63, 3.8) is 0 Å². The zero-order valence-corrected chi connectivity index (χ0v) is 19.2. The van der Waals surface area contributed by atoms with Crippen LogP contribution in [-0.2, 0) is 31.6 Å². The molecule has 16 nitrogen and oxygen atoms in total. The maximum absolute atomic E-state index is 15.2. The Morgan fingerprint density at radius 3 is 2.39 bits per heavy atom. The Hall–Kier alpha value is -1.32. The molecule has 0 bridgehead atoms. The molecule has 0 aromatic carbocycles. The molecule has 0 saturated carbocycles. The lowest BCUT2D eigenvalue weighted by Crippen LogP contribution is -2.47. The van der Waals surface area contributed by atoms with E-state index < -0.39 is 71.8 Å². The van der Waals surface area contributed by atoms with Gasteiger partial charge in [0.05, 0.1) is 6.61 Å². The van der Waals surface area contributed by atoms with Gasteiger partial charge in [0.25, 0.3) is 5.56 Å². The Labute approximate surface area is 183 Å². The van der Waals surface area contributed by atoms with E-state index in [1.807, 2.05) is 4.98 Å². The van der Waals surface area contributed by atoms with Gasteiger partial charge in [-0.25, -0.2) is 22.9 Å². The van der Waals surface area contributed by atoms with Crippen LogP contribution in [0.3, 0.4) is 0 Å². The van der Waals surface area contributed by atoms with Crippen LogP contribution in [0.4, 0.5) is 4.39 Å². The lowest BCUT2D eigenvalue weighted by atomic mass is 9.89. The van der Waals surface area contributed by atoms with Crippen LogP contribution in [0.25, 0.3) is 0 Å². The number of nitrogens with zero attached hydrogens (tertiary/aromatic N) is 1. The second-order valence-corrected chi connectivity index (χ2v) is 11.0. The number of hydrogen-bond donors (Lipinski definition) is 6. The fraction of sp³-hybridized carbons (Fsp3) is 0.538. The summed E-state index contributed by atoms with van der Waals surface area (Å²) >= 11 is 0. The van der Waals surface area contributed by atoms with Gasteiger partial charge in [0.1, 0.15) is 11.7 Å². The third kappa shape index (κ3) is 7.33. The number of phosphoric ester groups is 1. The first-order valence-electron chi connectivity index (χ1n) is 8.72. The van der Waals surface area contributed by atoms with Crippen LogP contribution in [0.15, 0.2) is 34.0 Å². The number of aliphatic hydroxyl groups is 1. The third-order valence-corrected chi connectivity index (χ3v) is 8.00. The van der Waals surface area contributed by atoms with E-state index in [0.29, 0.717) is 4.57 Å². The van der Waals surface area contributed by atoms with Crippen LogP contribution in [0.2, 0.25) is 0 Å². The minimum atomic E-state index is -5.80. The number of allylic oxidation sites excluding steroid dienone is 1. The summed E-state index contributed by atoms with van der Waals surface area (Å²) < 4.78 is 66.6. The second-order valence-electron chi connectivity index (χ2n) is 6.59. The van der Waals surface area contributed by atoms with Gasteiger partial charge in [-0.05, 0) is 13.3 Å². The van der Waals surface area contributed by atoms with E-state index in [4.69, 9.17) is 14.5 Å². The minimum Gasteiger partial charge on any atom is -0.383 e. The van der Waals surface area contributed by atoms with Gasteiger partial charge in [-0.1, -0.05) is 12.2 Å². The monoisotopic (exact) mass is 540 g/mol. The summed E-state index contributed by atoms with van der Waals surface area (Å²) in [6.45, 7) is 0.379. The zero-order valence-electron chi connectivity index (χ0n) is 16.5. The largest absolute Gasteiger partial charge is 0.490 e. The number of H-pyrrole nitrogens is 1. The molecule has 1 aliphatic rings. The molecule has 33 heavy (non-hydrogen) atoms. The van der Waals surface area contributed by atoms with E-state index in [-0.39, 0.29) is 0 Å². The molecule has 2 unspecified atom stereocenters. The van der Waals surface area contributed by atoms with Gasteiger partial charge in [-0.3, -0.25) is 18.9 Å². The maximum atomic E-state index is 15.2. The van der Waals surface area contributed by atoms with Crippen molar-refractivity contribution < 1.29 is 60.6 Å². The molecule has 0 aliphatic carbocycles. The fourth-order valence-electron chi connectivity index (χ4n) is 2.81. The predicted octanol–water partition coefficient (Wildman–Crippen LogP) is -0.187. The summed E-state index contributed by atoms with van der Waals surface area (Å²) in [5.41, 5.74) is -4.34. The van der Waals surface area contributed by atoms with Crippen LogP contribution < -0.4 is 11.2 Å². The molecule has 6 atom stereocenters. The molecule has 1 aromatic heterocycles. The summed E-state index contributed by atoms with van der Waals surface area (Å²) in [7, 11) is -17.0. The number of rotatable bonds is 10. The predicted molar refractivity (Wildman–Crippen MR) is 104 cm³/mol. The number of hydrogen-bond acceptors (Lipinski definition) is 10. The smallest absolute Gasteiger partial charge is 0.383 e. The van der Waals surface area contributed by atoms with E-state index >= 15 is 4.39 Å². The molecule has 1 fully saturated rings. The van der Waals surface area contributed by atoms with Gasteiger partial charge >= 0.3 is 29.2 Å². The second kappa shape index (κ2) is 10.1. The molecule has 0 spiro atoms. The number of phosphoric acid groups is 3. The van der Waals surface area contributed by atoms with Crippen LogP contribution >= 0.6 is 23.5 Å². The van der Waals surface area contributed by atoms with Gasteiger partial charge in [0.15, 0.2) is 12.4 Å². The van der Waals surface area contributed by atoms with E-state index in [1.165, 1.54) is 19.1 Å². The molecule has 6 N–H and O–H groups in total. The Bertz CT molecular complexity index is 1150. The zero-order chi connectivity index (χ0) is 25.2. The first-order valence-corrected chi connectivity index (χ1v) is 13.2. The summed E-state index contributed by atoms with van der Waals surface area (Å²) in [5.74, 6) is 0. The molecule has 2 rings (SSSR count). The Balaban J connectivity index is 2.26. The van der Waals surface area contributed by atoms with Crippen molar-refractivity contribution in [2.24, 2.45) is 0 Å². The van der Waals surface area contributed by atoms with E-state index in [0.717, 1.165) is 12.3 Å². The third-order valence-electron chi connectivity index (χ3n) is 4.20. The number of alkyl halides is 1. The highest BCUT2D eigenvalue weighted by Crippen LogP contribution is 2.66. The van der Waals surface area contributed by atoms with E-state index in [9.17, 15) is 38.2 Å². The van der Waals surface area contributed by atoms with E-state index in [2.05, 4.69) is 13.1 Å². The van der Waals surface area contributed by atoms with Gasteiger partial charge in [-0.15, -0.1) is 0 Å². The highest BCUT2D eigenvalue weighted by Gasteiger charge is 2.57. The normalized spacial score (nSPS) is 29.7. The Kier molecular flexibility index (Phi) is 8.56. The molecule has 1 aliphatic heterocycles. The SMILES string of the molecule is C/C=C/C[C@@]1(O)[C@@H](COP(=O)(O)OP(=O)(O)OP(=O)(O)O)O[C@@H](n2ccc(=O)[nH]c2=O)[C@@H]1F. The molecule has 188 valence electrons. The summed E-state index contributed by atoms with van der Waals surface area (Å²) in [5, 5.41) is 10.8. The topological polar surface area (TPSA) is 244 Å². The van der Waals surface area contributed by atoms with Crippen molar-refractivity contribution in [3.05, 3.63) is 45.3 Å². The van der Waals surface area contributed by atoms with Crippen molar-refractivity contribution >= 4 is 23.5 Å². The first-order chi connectivity index (χ1) is 15.0. The van der Waals surface area contributed by atoms with Crippen molar-refractivity contribution in [2.75, 3.05) is 6.61 Å². The summed E-state index contributed by atoms with van der Waals surface area (Å²) in [6.07, 6.45) is -2.75. The van der Waals surface area contributed by atoms with Crippen molar-refractivity contribution in [1.29, 1.82) is 0 Å². The highest BCUT2D eigenvalue weighted by molar-refractivity contribution is 7.66. The lowest BCUT2D eigenvalue weighted by Gasteiger charge is -2.29. The number of ether oxygens (including phenoxy) is 1. The molecule has 20 heteroatoms.